The largest absolute Gasteiger partial charge is 0.464 e. The van der Waals surface area contributed by atoms with Gasteiger partial charge in [-0.05, 0) is 96.3 Å². The number of esters is 5. The van der Waals surface area contributed by atoms with Gasteiger partial charge in [0, 0.05) is 7.05 Å². The first-order valence-corrected chi connectivity index (χ1v) is 28.1. The van der Waals surface area contributed by atoms with Crippen molar-refractivity contribution in [2.45, 2.75) is 190 Å². The second-order valence-electron chi connectivity index (χ2n) is 22.5. The number of carbonyl (C=O) groups is 5. The quantitative estimate of drug-likeness (QED) is 0.0822. The summed E-state index contributed by atoms with van der Waals surface area (Å²) in [6.07, 6.45) is 12.2. The summed E-state index contributed by atoms with van der Waals surface area (Å²) in [5.74, 6) is -3.38. The highest BCUT2D eigenvalue weighted by molar-refractivity contribution is 5.74. The van der Waals surface area contributed by atoms with Crippen LogP contribution in [0.15, 0.2) is 28.8 Å². The lowest BCUT2D eigenvalue weighted by molar-refractivity contribution is -0.150. The van der Waals surface area contributed by atoms with E-state index in [0.29, 0.717) is 64.2 Å². The van der Waals surface area contributed by atoms with Crippen LogP contribution in [0.25, 0.3) is 0 Å². The monoisotopic (exact) mass is 1110 g/mol. The predicted molar refractivity (Wildman–Crippen MR) is 264 cm³/mol. The lowest BCUT2D eigenvalue weighted by Crippen LogP contribution is -2.55. The van der Waals surface area contributed by atoms with Crippen molar-refractivity contribution in [3.05, 3.63) is 62.9 Å². The van der Waals surface area contributed by atoms with Gasteiger partial charge in [-0.2, -0.15) is 0 Å². The van der Waals surface area contributed by atoms with E-state index in [9.17, 15) is 52.7 Å². The molecule has 5 aliphatic heterocycles. The number of aromatic nitrogens is 6. The fraction of sp³-hybridized carbons (Fsp3) is 0.788. The van der Waals surface area contributed by atoms with Crippen LogP contribution in [0.2, 0.25) is 0 Å². The molecular weight excluding hydrogens is 1040 g/mol. The van der Waals surface area contributed by atoms with Gasteiger partial charge in [0.15, 0.2) is 0 Å². The first-order chi connectivity index (χ1) is 38.1. The SMILES string of the molecule is Cn1c(=O)n(CCOC(=O)C2CCC3OC3C2)c(=O)n(CCOC(=O)C2CCC3OC3C2)c1=O.O=C(OCCn1c(=O)n(CCOC(=O)C2CCC3OC3C2)c(=O)n(CCOC(=O)C2CCC3OC3C2)c1=O)C1CCC2OC2C1. The predicted octanol–water partition coefficient (Wildman–Crippen LogP) is -1.57. The number of fused-ring (bicyclic) bond motifs is 5. The summed E-state index contributed by atoms with van der Waals surface area (Å²) in [5, 5.41) is 0. The molecule has 5 saturated heterocycles. The minimum absolute atomic E-state index is 0.0898. The number of carbonyl (C=O) groups excluding carboxylic acids is 5. The van der Waals surface area contributed by atoms with Crippen molar-refractivity contribution in [1.29, 1.82) is 0 Å². The first-order valence-electron chi connectivity index (χ1n) is 28.1. The van der Waals surface area contributed by atoms with Crippen LogP contribution in [0, 0.1) is 29.6 Å². The number of epoxide rings is 5. The van der Waals surface area contributed by atoms with Crippen molar-refractivity contribution in [3.8, 4) is 0 Å². The summed E-state index contributed by atoms with van der Waals surface area (Å²) in [6.45, 7) is -2.31. The third kappa shape index (κ3) is 12.6. The van der Waals surface area contributed by atoms with Crippen LogP contribution in [0.1, 0.15) is 96.3 Å². The maximum absolute atomic E-state index is 13.3. The number of hydrogen-bond acceptors (Lipinski definition) is 21. The normalized spacial score (nSPS) is 32.8. The van der Waals surface area contributed by atoms with E-state index in [-0.39, 0.29) is 168 Å². The first kappa shape index (κ1) is 54.9. The van der Waals surface area contributed by atoms with Crippen molar-refractivity contribution in [1.82, 2.24) is 27.4 Å². The van der Waals surface area contributed by atoms with Crippen molar-refractivity contribution in [2.75, 3.05) is 33.0 Å². The average Bonchev–Trinajstić information content (AvgIpc) is 4.30. The van der Waals surface area contributed by atoms with Gasteiger partial charge in [0.05, 0.1) is 123 Å². The van der Waals surface area contributed by atoms with E-state index in [1.54, 1.807) is 0 Å². The highest BCUT2D eigenvalue weighted by Crippen LogP contribution is 2.43. The average molecular weight is 1110 g/mol. The molecule has 15 atom stereocenters. The van der Waals surface area contributed by atoms with Gasteiger partial charge in [0.2, 0.25) is 0 Å². The van der Waals surface area contributed by atoms with E-state index >= 15 is 0 Å². The zero-order valence-corrected chi connectivity index (χ0v) is 44.1. The van der Waals surface area contributed by atoms with Crippen molar-refractivity contribution in [3.63, 3.8) is 0 Å². The Balaban J connectivity index is 0.000000174. The molecular formula is C52H68N6O21. The number of ether oxygens (including phenoxy) is 10. The van der Waals surface area contributed by atoms with E-state index in [0.717, 1.165) is 59.5 Å². The van der Waals surface area contributed by atoms with E-state index < -0.39 is 52.0 Å². The molecule has 0 bridgehead atoms. The molecule has 2 aromatic heterocycles. The van der Waals surface area contributed by atoms with Gasteiger partial charge in [-0.3, -0.25) is 24.0 Å². The summed E-state index contributed by atoms with van der Waals surface area (Å²) in [5.41, 5.74) is -5.17. The molecule has 27 heteroatoms. The molecule has 0 spiro atoms. The Hall–Kier alpha value is -6.03. The molecule has 0 radical (unpaired) electrons. The molecule has 79 heavy (non-hydrogen) atoms. The summed E-state index contributed by atoms with van der Waals surface area (Å²) < 4.78 is 59.0. The Morgan fingerprint density at radius 2 is 0.506 bits per heavy atom. The molecule has 7 heterocycles. The van der Waals surface area contributed by atoms with Crippen LogP contribution in [-0.2, 0) is 111 Å². The van der Waals surface area contributed by atoms with Crippen LogP contribution in [-0.4, -0.2) is 151 Å². The number of rotatable bonds is 20. The highest BCUT2D eigenvalue weighted by atomic mass is 16.6. The lowest BCUT2D eigenvalue weighted by Gasteiger charge is -2.19. The second-order valence-corrected chi connectivity index (χ2v) is 22.5. The Bertz CT molecular complexity index is 2780. The Kier molecular flexibility index (Phi) is 16.1. The molecule has 2 aromatic rings. The Labute approximate surface area is 450 Å². The summed E-state index contributed by atoms with van der Waals surface area (Å²) in [7, 11) is 1.26. The van der Waals surface area contributed by atoms with Crippen LogP contribution < -0.4 is 34.1 Å². The van der Waals surface area contributed by atoms with Gasteiger partial charge < -0.3 is 47.4 Å². The highest BCUT2D eigenvalue weighted by Gasteiger charge is 2.50. The molecule has 5 aliphatic carbocycles. The third-order valence-electron chi connectivity index (χ3n) is 17.4. The fourth-order valence-corrected chi connectivity index (χ4v) is 12.3. The maximum Gasteiger partial charge on any atom is 0.336 e. The molecule has 5 saturated carbocycles. The van der Waals surface area contributed by atoms with E-state index in [1.807, 2.05) is 0 Å². The van der Waals surface area contributed by atoms with Crippen LogP contribution in [0.5, 0.6) is 0 Å². The lowest BCUT2D eigenvalue weighted by atomic mass is 9.89. The van der Waals surface area contributed by atoms with Gasteiger partial charge in [-0.1, -0.05) is 0 Å². The Morgan fingerprint density at radius 1 is 0.316 bits per heavy atom. The molecule has 10 fully saturated rings. The van der Waals surface area contributed by atoms with Gasteiger partial charge in [-0.15, -0.1) is 0 Å². The molecule has 15 unspecified atom stereocenters. The van der Waals surface area contributed by atoms with Crippen molar-refractivity contribution >= 4 is 29.8 Å². The molecule has 27 nitrogen and oxygen atoms in total. The standard InChI is InChI=1S/C30H39N3O12.C22H29N3O9/c34-25(16-1-4-19-22(13-16)43-19)40-10-7-31-28(37)32(8-11-41-26(35)17-2-5-20-23(14-17)44-20)30(39)33(29(31)38)9-12-42-27(36)18-3-6-21-24(15-18)45-21;1-23-20(28)24(6-8-31-18(26)12-2-4-14-16(10-12)33-14)22(30)25(21(23)29)7-9-32-19(27)13-3-5-15-17(11-13)34-15/h16-24H,1-15H2;12-17H,2-11H2,1H3. The molecule has 0 N–H and O–H groups in total. The molecule has 432 valence electrons. The molecule has 12 rings (SSSR count). The molecule has 10 aliphatic rings. The second kappa shape index (κ2) is 23.2. The van der Waals surface area contributed by atoms with E-state index in [4.69, 9.17) is 47.4 Å². The molecule has 0 aromatic carbocycles. The van der Waals surface area contributed by atoms with E-state index in [1.165, 1.54) is 7.05 Å². The summed E-state index contributed by atoms with van der Waals surface area (Å²) in [4.78, 5) is 140. The zero-order chi connectivity index (χ0) is 55.2. The third-order valence-corrected chi connectivity index (χ3v) is 17.4. The number of nitrogens with zero attached hydrogens (tertiary/aromatic N) is 6. The van der Waals surface area contributed by atoms with Crippen LogP contribution in [0.4, 0.5) is 0 Å². The minimum atomic E-state index is -0.912. The van der Waals surface area contributed by atoms with Crippen LogP contribution in [0.3, 0.4) is 0 Å². The summed E-state index contributed by atoms with van der Waals surface area (Å²) in [6, 6.07) is 0. The molecule has 0 amide bonds. The smallest absolute Gasteiger partial charge is 0.336 e. The zero-order valence-electron chi connectivity index (χ0n) is 44.1. The minimum Gasteiger partial charge on any atom is -0.464 e. The van der Waals surface area contributed by atoms with Crippen molar-refractivity contribution in [2.24, 2.45) is 36.6 Å². The van der Waals surface area contributed by atoms with Gasteiger partial charge in [-0.25, -0.2) is 56.2 Å². The van der Waals surface area contributed by atoms with E-state index in [2.05, 4.69) is 0 Å². The topological polar surface area (TPSA) is 326 Å². The Morgan fingerprint density at radius 3 is 0.696 bits per heavy atom. The van der Waals surface area contributed by atoms with Gasteiger partial charge in [0.25, 0.3) is 0 Å². The maximum atomic E-state index is 13.3. The number of hydrogen-bond donors (Lipinski definition) is 0. The van der Waals surface area contributed by atoms with Crippen molar-refractivity contribution < 1.29 is 71.3 Å². The van der Waals surface area contributed by atoms with Crippen LogP contribution >= 0.6 is 0 Å². The van der Waals surface area contributed by atoms with Gasteiger partial charge >= 0.3 is 64.0 Å². The summed E-state index contributed by atoms with van der Waals surface area (Å²) >= 11 is 0. The van der Waals surface area contributed by atoms with Gasteiger partial charge in [0.1, 0.15) is 33.0 Å². The fourth-order valence-electron chi connectivity index (χ4n) is 12.3.